The van der Waals surface area contributed by atoms with Crippen LogP contribution in [0.15, 0.2) is 68.6 Å². The van der Waals surface area contributed by atoms with Gasteiger partial charge in [0.2, 0.25) is 6.79 Å². The molecule has 2 amide bonds. The maximum Gasteiger partial charge on any atom is 0.343 e. The molecule has 12 heteroatoms. The van der Waals surface area contributed by atoms with E-state index in [2.05, 4.69) is 47.7 Å². The van der Waals surface area contributed by atoms with Gasteiger partial charge in [0.25, 0.3) is 11.8 Å². The fraction of sp³-hybridized carbons (Fsp3) is 0.0833. The van der Waals surface area contributed by atoms with Crippen LogP contribution >= 0.6 is 43.5 Å². The minimum absolute atomic E-state index is 0.0865. The molecule has 0 bridgehead atoms. The van der Waals surface area contributed by atoms with Crippen LogP contribution in [0.1, 0.15) is 26.3 Å². The number of halogens is 3. The Hall–Kier alpha value is -3.41. The molecule has 0 saturated heterocycles. The fourth-order valence-corrected chi connectivity index (χ4v) is 4.50. The van der Waals surface area contributed by atoms with Gasteiger partial charge in [0.15, 0.2) is 17.2 Å². The SMILES string of the molecule is O=C(CNC(=O)c1ccc(Cl)cc1)NN=Cc1cc(Br)cc(Br)c1OC(=O)c1ccc2c(c1)OCO2. The summed E-state index contributed by atoms with van der Waals surface area (Å²) in [7, 11) is 0. The molecule has 3 aromatic rings. The van der Waals surface area contributed by atoms with Crippen LogP contribution in [0, 0.1) is 0 Å². The first kappa shape index (κ1) is 25.7. The maximum atomic E-state index is 12.8. The average molecular weight is 638 g/mol. The van der Waals surface area contributed by atoms with Crippen molar-refractivity contribution in [1.82, 2.24) is 10.7 Å². The minimum atomic E-state index is -0.625. The first-order valence-electron chi connectivity index (χ1n) is 10.3. The topological polar surface area (TPSA) is 115 Å². The molecule has 1 heterocycles. The van der Waals surface area contributed by atoms with Crippen molar-refractivity contribution in [2.75, 3.05) is 13.3 Å². The highest BCUT2D eigenvalue weighted by molar-refractivity contribution is 9.11. The highest BCUT2D eigenvalue weighted by atomic mass is 79.9. The van der Waals surface area contributed by atoms with Gasteiger partial charge in [-0.1, -0.05) is 27.5 Å². The number of nitrogens with one attached hydrogen (secondary N) is 2. The molecule has 0 fully saturated rings. The molecule has 0 aromatic heterocycles. The van der Waals surface area contributed by atoms with Crippen LogP contribution in [0.4, 0.5) is 0 Å². The van der Waals surface area contributed by atoms with Gasteiger partial charge in [-0.25, -0.2) is 10.2 Å². The Morgan fingerprint density at radius 1 is 1.00 bits per heavy atom. The number of hydrogen-bond acceptors (Lipinski definition) is 7. The first-order chi connectivity index (χ1) is 17.3. The molecule has 184 valence electrons. The van der Waals surface area contributed by atoms with E-state index in [0.717, 1.165) is 0 Å². The number of hydrogen-bond donors (Lipinski definition) is 2. The van der Waals surface area contributed by atoms with Gasteiger partial charge in [0, 0.05) is 20.6 Å². The molecule has 0 spiro atoms. The normalized spacial score (nSPS) is 11.9. The van der Waals surface area contributed by atoms with Crippen molar-refractivity contribution in [3.63, 3.8) is 0 Å². The molecule has 4 rings (SSSR count). The molecule has 1 aliphatic heterocycles. The maximum absolute atomic E-state index is 12.8. The number of benzene rings is 3. The van der Waals surface area contributed by atoms with E-state index in [-0.39, 0.29) is 24.7 Å². The standard InChI is InChI=1S/C24H16Br2ClN3O6/c25-16-7-15(10-29-30-21(31)11-28-23(32)13-1-4-17(27)5-2-13)22(18(26)9-16)36-24(33)14-3-6-19-20(8-14)35-12-34-19/h1-10H,11-12H2,(H,28,32)(H,30,31). The second-order valence-electron chi connectivity index (χ2n) is 7.25. The summed E-state index contributed by atoms with van der Waals surface area (Å²) in [6, 6.07) is 14.3. The number of nitrogens with zero attached hydrogens (tertiary/aromatic N) is 1. The summed E-state index contributed by atoms with van der Waals surface area (Å²) in [4.78, 5) is 37.0. The Morgan fingerprint density at radius 3 is 2.50 bits per heavy atom. The van der Waals surface area contributed by atoms with Crippen molar-refractivity contribution >= 4 is 67.5 Å². The largest absolute Gasteiger partial charge is 0.454 e. The molecule has 0 radical (unpaired) electrons. The van der Waals surface area contributed by atoms with Crippen molar-refractivity contribution in [1.29, 1.82) is 0 Å². The minimum Gasteiger partial charge on any atom is -0.454 e. The van der Waals surface area contributed by atoms with Crippen molar-refractivity contribution in [2.24, 2.45) is 5.10 Å². The summed E-state index contributed by atoms with van der Waals surface area (Å²) in [5.74, 6) is -0.424. The molecule has 0 atom stereocenters. The van der Waals surface area contributed by atoms with Gasteiger partial charge in [-0.3, -0.25) is 9.59 Å². The van der Waals surface area contributed by atoms with E-state index in [1.807, 2.05) is 0 Å². The third-order valence-electron chi connectivity index (χ3n) is 4.75. The Kier molecular flexibility index (Phi) is 8.24. The number of rotatable bonds is 7. The second-order valence-corrected chi connectivity index (χ2v) is 9.45. The number of amides is 2. The zero-order valence-electron chi connectivity index (χ0n) is 18.2. The van der Waals surface area contributed by atoms with E-state index in [4.69, 9.17) is 25.8 Å². The van der Waals surface area contributed by atoms with Gasteiger partial charge >= 0.3 is 5.97 Å². The quantitative estimate of drug-likeness (QED) is 0.168. The Labute approximate surface area is 227 Å². The molecule has 3 aromatic carbocycles. The summed E-state index contributed by atoms with van der Waals surface area (Å²) in [6.07, 6.45) is 1.32. The van der Waals surface area contributed by atoms with E-state index in [1.165, 1.54) is 12.3 Å². The van der Waals surface area contributed by atoms with E-state index in [9.17, 15) is 14.4 Å². The van der Waals surface area contributed by atoms with Gasteiger partial charge < -0.3 is 19.5 Å². The fourth-order valence-electron chi connectivity index (χ4n) is 3.04. The zero-order chi connectivity index (χ0) is 25.7. The van der Waals surface area contributed by atoms with Crippen molar-refractivity contribution < 1.29 is 28.6 Å². The Balaban J connectivity index is 1.39. The molecular formula is C24H16Br2ClN3O6. The lowest BCUT2D eigenvalue weighted by molar-refractivity contribution is -0.120. The summed E-state index contributed by atoms with van der Waals surface area (Å²) in [5, 5.41) is 6.90. The van der Waals surface area contributed by atoms with Crippen LogP contribution < -0.4 is 25.0 Å². The molecule has 0 aliphatic carbocycles. The van der Waals surface area contributed by atoms with E-state index in [1.54, 1.807) is 48.5 Å². The predicted molar refractivity (Wildman–Crippen MR) is 139 cm³/mol. The van der Waals surface area contributed by atoms with Gasteiger partial charge in [-0.05, 0) is 70.5 Å². The van der Waals surface area contributed by atoms with Gasteiger partial charge in [-0.15, -0.1) is 0 Å². The molecular weight excluding hydrogens is 622 g/mol. The smallest absolute Gasteiger partial charge is 0.343 e. The monoisotopic (exact) mass is 635 g/mol. The number of esters is 1. The van der Waals surface area contributed by atoms with Gasteiger partial charge in [0.05, 0.1) is 22.8 Å². The van der Waals surface area contributed by atoms with E-state index >= 15 is 0 Å². The number of fused-ring (bicyclic) bond motifs is 1. The summed E-state index contributed by atoms with van der Waals surface area (Å²) in [5.41, 5.74) is 3.35. The predicted octanol–water partition coefficient (Wildman–Crippen LogP) is 4.69. The molecule has 36 heavy (non-hydrogen) atoms. The number of carbonyl (C=O) groups is 3. The lowest BCUT2D eigenvalue weighted by atomic mass is 10.2. The summed E-state index contributed by atoms with van der Waals surface area (Å²) < 4.78 is 17.3. The first-order valence-corrected chi connectivity index (χ1v) is 12.2. The summed E-state index contributed by atoms with van der Waals surface area (Å²) in [6.45, 7) is -0.212. The van der Waals surface area contributed by atoms with Crippen molar-refractivity contribution in [2.45, 2.75) is 0 Å². The zero-order valence-corrected chi connectivity index (χ0v) is 22.1. The number of carbonyl (C=O) groups excluding carboxylic acids is 3. The van der Waals surface area contributed by atoms with Crippen molar-refractivity contribution in [3.05, 3.63) is 85.3 Å². The third kappa shape index (κ3) is 6.42. The van der Waals surface area contributed by atoms with Gasteiger partial charge in [-0.2, -0.15) is 5.10 Å². The van der Waals surface area contributed by atoms with Gasteiger partial charge in [0.1, 0.15) is 0 Å². The van der Waals surface area contributed by atoms with Crippen LogP contribution in [0.25, 0.3) is 0 Å². The molecule has 1 aliphatic rings. The van der Waals surface area contributed by atoms with Crippen molar-refractivity contribution in [3.8, 4) is 17.2 Å². The molecule has 9 nitrogen and oxygen atoms in total. The van der Waals surface area contributed by atoms with Crippen LogP contribution in [0.2, 0.25) is 5.02 Å². The molecule has 2 N–H and O–H groups in total. The highest BCUT2D eigenvalue weighted by Crippen LogP contribution is 2.35. The average Bonchev–Trinajstić information content (AvgIpc) is 3.33. The molecule has 0 unspecified atom stereocenters. The molecule has 0 saturated carbocycles. The second kappa shape index (κ2) is 11.5. The van der Waals surface area contributed by atoms with Crippen LogP contribution in [-0.4, -0.2) is 37.3 Å². The third-order valence-corrected chi connectivity index (χ3v) is 6.05. The lowest BCUT2D eigenvalue weighted by Crippen LogP contribution is -2.34. The number of ether oxygens (including phenoxy) is 3. The summed E-state index contributed by atoms with van der Waals surface area (Å²) >= 11 is 12.6. The van der Waals surface area contributed by atoms with Crippen LogP contribution in [-0.2, 0) is 4.79 Å². The highest BCUT2D eigenvalue weighted by Gasteiger charge is 2.20. The van der Waals surface area contributed by atoms with Crippen LogP contribution in [0.3, 0.4) is 0 Å². The Bertz CT molecular complexity index is 1360. The Morgan fingerprint density at radius 2 is 1.72 bits per heavy atom. The number of hydrazone groups is 1. The van der Waals surface area contributed by atoms with Crippen LogP contribution in [0.5, 0.6) is 17.2 Å². The van der Waals surface area contributed by atoms with E-state index < -0.39 is 17.8 Å². The lowest BCUT2D eigenvalue weighted by Gasteiger charge is -2.11. The van der Waals surface area contributed by atoms with E-state index in [0.29, 0.717) is 36.6 Å².